The molecular weight excluding hydrogens is 298 g/mol. The lowest BCUT2D eigenvalue weighted by molar-refractivity contribution is -0.121. The summed E-state index contributed by atoms with van der Waals surface area (Å²) in [5.74, 6) is -0.339. The van der Waals surface area contributed by atoms with Gasteiger partial charge >= 0.3 is 6.03 Å². The van der Waals surface area contributed by atoms with Gasteiger partial charge in [0.2, 0.25) is 10.0 Å². The molecule has 0 bridgehead atoms. The Hall–Kier alpha value is -2.13. The van der Waals surface area contributed by atoms with Crippen LogP contribution in [0.15, 0.2) is 11.0 Å². The maximum Gasteiger partial charge on any atom is 0.318 e. The summed E-state index contributed by atoms with van der Waals surface area (Å²) in [7, 11) is -3.84. The van der Waals surface area contributed by atoms with Crippen LogP contribution in [0.3, 0.4) is 0 Å². The van der Waals surface area contributed by atoms with Gasteiger partial charge in [0.15, 0.2) is 6.61 Å². The molecule has 9 heteroatoms. The monoisotopic (exact) mass is 315 g/mol. The fourth-order valence-electron chi connectivity index (χ4n) is 1.85. The zero-order chi connectivity index (χ0) is 16.4. The van der Waals surface area contributed by atoms with E-state index in [1.165, 1.54) is 6.07 Å². The second kappa shape index (κ2) is 6.10. The molecule has 0 fully saturated rings. The summed E-state index contributed by atoms with van der Waals surface area (Å²) in [5.41, 5.74) is 6.30. The molecule has 0 aliphatic carbocycles. The molecule has 8 nitrogen and oxygen atoms in total. The third-order valence-corrected chi connectivity index (χ3v) is 3.93. The van der Waals surface area contributed by atoms with Gasteiger partial charge in [-0.25, -0.2) is 18.4 Å². The molecule has 0 heterocycles. The van der Waals surface area contributed by atoms with Crippen molar-refractivity contribution in [2.45, 2.75) is 25.7 Å². The number of rotatable bonds is 4. The molecule has 0 aliphatic rings. The molecule has 0 aliphatic heterocycles. The number of hydrogen-bond donors (Lipinski definition) is 3. The Kier molecular flexibility index (Phi) is 4.92. The number of carbonyl (C=O) groups is 2. The number of primary amides is 1. The van der Waals surface area contributed by atoms with E-state index < -0.39 is 28.6 Å². The first-order valence-corrected chi connectivity index (χ1v) is 7.44. The van der Waals surface area contributed by atoms with Gasteiger partial charge in [0, 0.05) is 0 Å². The van der Waals surface area contributed by atoms with Crippen LogP contribution in [-0.4, -0.2) is 27.0 Å². The molecule has 116 valence electrons. The first-order valence-electron chi connectivity index (χ1n) is 5.89. The van der Waals surface area contributed by atoms with Crippen LogP contribution >= 0.6 is 0 Å². The smallest absolute Gasteiger partial charge is 0.318 e. The van der Waals surface area contributed by atoms with Crippen molar-refractivity contribution in [1.29, 1.82) is 0 Å². The van der Waals surface area contributed by atoms with Crippen LogP contribution in [0.2, 0.25) is 0 Å². The van der Waals surface area contributed by atoms with Gasteiger partial charge in [-0.1, -0.05) is 0 Å². The highest BCUT2D eigenvalue weighted by Crippen LogP contribution is 2.30. The first kappa shape index (κ1) is 16.9. The van der Waals surface area contributed by atoms with Gasteiger partial charge in [-0.05, 0) is 43.5 Å². The summed E-state index contributed by atoms with van der Waals surface area (Å²) in [6.07, 6.45) is 0. The number of benzene rings is 1. The van der Waals surface area contributed by atoms with Crippen LogP contribution < -0.4 is 20.9 Å². The quantitative estimate of drug-likeness (QED) is 0.707. The summed E-state index contributed by atoms with van der Waals surface area (Å²) in [6.45, 7) is 4.45. The van der Waals surface area contributed by atoms with Crippen molar-refractivity contribution >= 4 is 22.0 Å². The number of aryl methyl sites for hydroxylation is 1. The van der Waals surface area contributed by atoms with Gasteiger partial charge in [-0.2, -0.15) is 0 Å². The lowest BCUT2D eigenvalue weighted by atomic mass is 10.1. The number of amides is 3. The molecule has 0 unspecified atom stereocenters. The van der Waals surface area contributed by atoms with Crippen molar-refractivity contribution in [1.82, 2.24) is 5.32 Å². The molecule has 0 radical (unpaired) electrons. The van der Waals surface area contributed by atoms with E-state index in [1.54, 1.807) is 20.8 Å². The number of carbonyl (C=O) groups excluding carboxylic acids is 2. The maximum absolute atomic E-state index is 11.5. The first-order chi connectivity index (χ1) is 9.54. The Morgan fingerprint density at radius 1 is 1.24 bits per heavy atom. The van der Waals surface area contributed by atoms with Crippen molar-refractivity contribution in [2.75, 3.05) is 6.61 Å². The molecule has 0 spiro atoms. The fourth-order valence-corrected chi connectivity index (χ4v) is 2.77. The Balaban J connectivity index is 3.08. The van der Waals surface area contributed by atoms with E-state index in [-0.39, 0.29) is 4.90 Å². The Morgan fingerprint density at radius 3 is 2.29 bits per heavy atom. The van der Waals surface area contributed by atoms with Crippen LogP contribution in [0.4, 0.5) is 4.79 Å². The number of nitrogens with one attached hydrogen (secondary N) is 1. The summed E-state index contributed by atoms with van der Waals surface area (Å²) in [6, 6.07) is 0.400. The summed E-state index contributed by atoms with van der Waals surface area (Å²) < 4.78 is 28.3. The molecule has 0 saturated heterocycles. The molecule has 3 amide bonds. The highest BCUT2D eigenvalue weighted by Gasteiger charge is 2.19. The zero-order valence-corrected chi connectivity index (χ0v) is 12.7. The minimum Gasteiger partial charge on any atom is -0.483 e. The molecule has 1 rings (SSSR count). The molecule has 21 heavy (non-hydrogen) atoms. The van der Waals surface area contributed by atoms with Crippen LogP contribution in [0.1, 0.15) is 16.7 Å². The minimum absolute atomic E-state index is 0.00596. The van der Waals surface area contributed by atoms with Crippen molar-refractivity contribution in [3.05, 3.63) is 22.8 Å². The van der Waals surface area contributed by atoms with E-state index in [2.05, 4.69) is 0 Å². The Labute approximate surface area is 122 Å². The topological polar surface area (TPSA) is 142 Å². The standard InChI is InChI=1S/C12H17N3O5S/c1-6-4-9(21(14,18)19)7(2)8(3)11(6)20-5-10(16)15-12(13)17/h4H,5H2,1-3H3,(H2,14,18,19)(H3,13,15,16,17). The lowest BCUT2D eigenvalue weighted by Crippen LogP contribution is -2.38. The average molecular weight is 315 g/mol. The number of hydrogen-bond acceptors (Lipinski definition) is 5. The van der Waals surface area contributed by atoms with Gasteiger partial charge in [-0.15, -0.1) is 0 Å². The lowest BCUT2D eigenvalue weighted by Gasteiger charge is -2.16. The van der Waals surface area contributed by atoms with Crippen LogP contribution in [0, 0.1) is 20.8 Å². The van der Waals surface area contributed by atoms with Gasteiger partial charge in [0.1, 0.15) is 5.75 Å². The van der Waals surface area contributed by atoms with Crippen molar-refractivity contribution < 1.29 is 22.7 Å². The normalized spacial score (nSPS) is 11.0. The summed E-state index contributed by atoms with van der Waals surface area (Å²) in [5, 5.41) is 7.00. The van der Waals surface area contributed by atoms with E-state index in [9.17, 15) is 18.0 Å². The van der Waals surface area contributed by atoms with Crippen LogP contribution in [0.5, 0.6) is 5.75 Å². The van der Waals surface area contributed by atoms with Gasteiger partial charge < -0.3 is 10.5 Å². The number of primary sulfonamides is 1. The predicted molar refractivity (Wildman–Crippen MR) is 75.2 cm³/mol. The van der Waals surface area contributed by atoms with Gasteiger partial charge in [-0.3, -0.25) is 10.1 Å². The van der Waals surface area contributed by atoms with E-state index in [0.29, 0.717) is 22.4 Å². The second-order valence-electron chi connectivity index (χ2n) is 4.52. The molecular formula is C12H17N3O5S. The third kappa shape index (κ3) is 4.17. The number of ether oxygens (including phenoxy) is 1. The molecule has 0 aromatic heterocycles. The fraction of sp³-hybridized carbons (Fsp3) is 0.333. The van der Waals surface area contributed by atoms with Gasteiger partial charge in [0.25, 0.3) is 5.91 Å². The molecule has 5 N–H and O–H groups in total. The number of imide groups is 1. The molecule has 0 saturated carbocycles. The largest absolute Gasteiger partial charge is 0.483 e. The Morgan fingerprint density at radius 2 is 1.81 bits per heavy atom. The summed E-state index contributed by atoms with van der Waals surface area (Å²) >= 11 is 0. The molecule has 0 atom stereocenters. The number of nitrogens with two attached hydrogens (primary N) is 2. The SMILES string of the molecule is Cc1cc(S(N)(=O)=O)c(C)c(C)c1OCC(=O)NC(N)=O. The highest BCUT2D eigenvalue weighted by atomic mass is 32.2. The van der Waals surface area contributed by atoms with E-state index in [4.69, 9.17) is 15.6 Å². The average Bonchev–Trinajstić information content (AvgIpc) is 2.31. The van der Waals surface area contributed by atoms with E-state index in [0.717, 1.165) is 0 Å². The highest BCUT2D eigenvalue weighted by molar-refractivity contribution is 7.89. The zero-order valence-electron chi connectivity index (χ0n) is 11.9. The van der Waals surface area contributed by atoms with Gasteiger partial charge in [0.05, 0.1) is 4.90 Å². The van der Waals surface area contributed by atoms with Crippen molar-refractivity contribution in [3.63, 3.8) is 0 Å². The predicted octanol–water partition coefficient (Wildman–Crippen LogP) is -0.167. The number of sulfonamides is 1. The second-order valence-corrected chi connectivity index (χ2v) is 6.05. The van der Waals surface area contributed by atoms with Crippen molar-refractivity contribution in [2.24, 2.45) is 10.9 Å². The third-order valence-electron chi connectivity index (χ3n) is 2.90. The molecule has 1 aromatic carbocycles. The van der Waals surface area contributed by atoms with E-state index in [1.807, 2.05) is 5.32 Å². The maximum atomic E-state index is 11.5. The Bertz CT molecular complexity index is 697. The van der Waals surface area contributed by atoms with E-state index >= 15 is 0 Å². The van der Waals surface area contributed by atoms with Crippen LogP contribution in [-0.2, 0) is 14.8 Å². The molecule has 1 aromatic rings. The minimum atomic E-state index is -3.84. The summed E-state index contributed by atoms with van der Waals surface area (Å²) in [4.78, 5) is 21.8. The van der Waals surface area contributed by atoms with Crippen LogP contribution in [0.25, 0.3) is 0 Å². The van der Waals surface area contributed by atoms with Crippen molar-refractivity contribution in [3.8, 4) is 5.75 Å². The number of urea groups is 1.